The summed E-state index contributed by atoms with van der Waals surface area (Å²) >= 11 is 0. The number of benzene rings is 2. The predicted octanol–water partition coefficient (Wildman–Crippen LogP) is 3.80. The molecule has 0 bridgehead atoms. The standard InChI is InChI=1S/C19H22O/c1-14-5-2-3-8-19(14)18(13-20)12-15-9-10-16-6-4-7-17(16)11-15/h2-3,5,8-11,18,20H,4,6-7,12-13H2,1H3. The Balaban J connectivity index is 1.83. The van der Waals surface area contributed by atoms with Crippen molar-refractivity contribution in [2.24, 2.45) is 0 Å². The molecule has 0 aliphatic heterocycles. The highest BCUT2D eigenvalue weighted by Gasteiger charge is 2.16. The van der Waals surface area contributed by atoms with E-state index in [1.807, 2.05) is 0 Å². The van der Waals surface area contributed by atoms with Crippen LogP contribution in [-0.2, 0) is 19.3 Å². The molecule has 3 rings (SSSR count). The van der Waals surface area contributed by atoms with E-state index in [2.05, 4.69) is 49.4 Å². The van der Waals surface area contributed by atoms with Crippen molar-refractivity contribution in [3.05, 3.63) is 70.3 Å². The van der Waals surface area contributed by atoms with Gasteiger partial charge in [0.15, 0.2) is 0 Å². The van der Waals surface area contributed by atoms with Gasteiger partial charge in [0.25, 0.3) is 0 Å². The van der Waals surface area contributed by atoms with E-state index in [1.54, 1.807) is 0 Å². The van der Waals surface area contributed by atoms with Crippen molar-refractivity contribution in [2.75, 3.05) is 6.61 Å². The molecule has 0 amide bonds. The first-order valence-corrected chi connectivity index (χ1v) is 7.55. The van der Waals surface area contributed by atoms with Crippen LogP contribution in [-0.4, -0.2) is 11.7 Å². The average molecular weight is 266 g/mol. The van der Waals surface area contributed by atoms with Gasteiger partial charge < -0.3 is 5.11 Å². The van der Waals surface area contributed by atoms with Crippen LogP contribution in [0.4, 0.5) is 0 Å². The number of aliphatic hydroxyl groups excluding tert-OH is 1. The van der Waals surface area contributed by atoms with Gasteiger partial charge in [0, 0.05) is 5.92 Å². The highest BCUT2D eigenvalue weighted by Crippen LogP contribution is 2.27. The molecule has 104 valence electrons. The Hall–Kier alpha value is -1.60. The predicted molar refractivity (Wildman–Crippen MR) is 83.2 cm³/mol. The van der Waals surface area contributed by atoms with Gasteiger partial charge in [-0.05, 0) is 60.4 Å². The maximum absolute atomic E-state index is 9.76. The number of fused-ring (bicyclic) bond motifs is 1. The van der Waals surface area contributed by atoms with Gasteiger partial charge in [0.05, 0.1) is 6.61 Å². The van der Waals surface area contributed by atoms with Crippen LogP contribution in [0.15, 0.2) is 42.5 Å². The first-order valence-electron chi connectivity index (χ1n) is 7.55. The van der Waals surface area contributed by atoms with Gasteiger partial charge in [-0.2, -0.15) is 0 Å². The van der Waals surface area contributed by atoms with E-state index in [1.165, 1.54) is 47.1 Å². The smallest absolute Gasteiger partial charge is 0.0503 e. The average Bonchev–Trinajstić information content (AvgIpc) is 2.93. The maximum atomic E-state index is 9.76. The Labute approximate surface area is 121 Å². The molecule has 0 radical (unpaired) electrons. The van der Waals surface area contributed by atoms with Crippen LogP contribution >= 0.6 is 0 Å². The van der Waals surface area contributed by atoms with Crippen LogP contribution in [0.2, 0.25) is 0 Å². The molecule has 2 aromatic rings. The van der Waals surface area contributed by atoms with Crippen LogP contribution in [0.3, 0.4) is 0 Å². The van der Waals surface area contributed by atoms with Crippen LogP contribution < -0.4 is 0 Å². The van der Waals surface area contributed by atoms with E-state index >= 15 is 0 Å². The molecule has 0 aromatic heterocycles. The van der Waals surface area contributed by atoms with E-state index in [4.69, 9.17) is 0 Å². The Morgan fingerprint density at radius 1 is 1.05 bits per heavy atom. The Kier molecular flexibility index (Phi) is 3.88. The van der Waals surface area contributed by atoms with Crippen LogP contribution in [0.1, 0.15) is 40.2 Å². The third-order valence-corrected chi connectivity index (χ3v) is 4.49. The highest BCUT2D eigenvalue weighted by atomic mass is 16.3. The van der Waals surface area contributed by atoms with Gasteiger partial charge in [-0.25, -0.2) is 0 Å². The lowest BCUT2D eigenvalue weighted by Gasteiger charge is -2.17. The molecule has 0 saturated heterocycles. The summed E-state index contributed by atoms with van der Waals surface area (Å²) in [5.74, 6) is 0.204. The molecule has 2 aromatic carbocycles. The molecule has 20 heavy (non-hydrogen) atoms. The third kappa shape index (κ3) is 2.64. The lowest BCUT2D eigenvalue weighted by Crippen LogP contribution is -2.09. The molecule has 1 N–H and O–H groups in total. The fraction of sp³-hybridized carbons (Fsp3) is 0.368. The Bertz CT molecular complexity index is 600. The second kappa shape index (κ2) is 5.80. The van der Waals surface area contributed by atoms with E-state index in [-0.39, 0.29) is 12.5 Å². The zero-order valence-corrected chi connectivity index (χ0v) is 12.1. The minimum absolute atomic E-state index is 0.204. The summed E-state index contributed by atoms with van der Waals surface area (Å²) in [6, 6.07) is 15.3. The molecule has 1 heteroatoms. The second-order valence-corrected chi connectivity index (χ2v) is 5.90. The minimum Gasteiger partial charge on any atom is -0.396 e. The van der Waals surface area contributed by atoms with Crippen molar-refractivity contribution >= 4 is 0 Å². The summed E-state index contributed by atoms with van der Waals surface area (Å²) in [6.07, 6.45) is 4.67. The van der Waals surface area contributed by atoms with Crippen molar-refractivity contribution in [1.29, 1.82) is 0 Å². The SMILES string of the molecule is Cc1ccccc1C(CO)Cc1ccc2c(c1)CCC2. The molecular formula is C19H22O. The van der Waals surface area contributed by atoms with Gasteiger partial charge in [-0.15, -0.1) is 0 Å². The summed E-state index contributed by atoms with van der Waals surface area (Å²) in [7, 11) is 0. The summed E-state index contributed by atoms with van der Waals surface area (Å²) in [5.41, 5.74) is 6.94. The zero-order valence-electron chi connectivity index (χ0n) is 12.1. The van der Waals surface area contributed by atoms with Crippen LogP contribution in [0, 0.1) is 6.92 Å². The lowest BCUT2D eigenvalue weighted by molar-refractivity contribution is 0.264. The quantitative estimate of drug-likeness (QED) is 0.892. The fourth-order valence-electron chi connectivity index (χ4n) is 3.35. The summed E-state index contributed by atoms with van der Waals surface area (Å²) < 4.78 is 0. The first-order chi connectivity index (χ1) is 9.78. The number of aryl methyl sites for hydroxylation is 3. The van der Waals surface area contributed by atoms with E-state index in [9.17, 15) is 5.11 Å². The molecule has 0 spiro atoms. The van der Waals surface area contributed by atoms with Crippen molar-refractivity contribution in [2.45, 2.75) is 38.5 Å². The molecular weight excluding hydrogens is 244 g/mol. The van der Waals surface area contributed by atoms with Gasteiger partial charge >= 0.3 is 0 Å². The molecule has 1 unspecified atom stereocenters. The largest absolute Gasteiger partial charge is 0.396 e. The third-order valence-electron chi connectivity index (χ3n) is 4.49. The Morgan fingerprint density at radius 3 is 2.65 bits per heavy atom. The van der Waals surface area contributed by atoms with E-state index < -0.39 is 0 Å². The minimum atomic E-state index is 0.204. The number of aliphatic hydroxyl groups is 1. The monoisotopic (exact) mass is 266 g/mol. The Morgan fingerprint density at radius 2 is 1.85 bits per heavy atom. The summed E-state index contributed by atoms with van der Waals surface area (Å²) in [4.78, 5) is 0. The zero-order chi connectivity index (χ0) is 13.9. The number of hydrogen-bond donors (Lipinski definition) is 1. The van der Waals surface area contributed by atoms with Crippen LogP contribution in [0.5, 0.6) is 0 Å². The van der Waals surface area contributed by atoms with E-state index in [0.29, 0.717) is 0 Å². The van der Waals surface area contributed by atoms with Crippen molar-refractivity contribution < 1.29 is 5.11 Å². The second-order valence-electron chi connectivity index (χ2n) is 5.90. The fourth-order valence-corrected chi connectivity index (χ4v) is 3.35. The number of hydrogen-bond acceptors (Lipinski definition) is 1. The summed E-state index contributed by atoms with van der Waals surface area (Å²) in [5, 5.41) is 9.76. The van der Waals surface area contributed by atoms with Crippen LogP contribution in [0.25, 0.3) is 0 Å². The van der Waals surface area contributed by atoms with Gasteiger partial charge in [-0.3, -0.25) is 0 Å². The van der Waals surface area contributed by atoms with Crippen molar-refractivity contribution in [3.8, 4) is 0 Å². The van der Waals surface area contributed by atoms with Gasteiger partial charge in [0.2, 0.25) is 0 Å². The molecule has 0 heterocycles. The molecule has 0 fully saturated rings. The van der Waals surface area contributed by atoms with E-state index in [0.717, 1.165) is 6.42 Å². The molecule has 0 saturated carbocycles. The lowest BCUT2D eigenvalue weighted by atomic mass is 9.89. The normalized spacial score (nSPS) is 15.1. The first kappa shape index (κ1) is 13.4. The molecule has 1 nitrogen and oxygen atoms in total. The maximum Gasteiger partial charge on any atom is 0.0503 e. The highest BCUT2D eigenvalue weighted by molar-refractivity contribution is 5.37. The molecule has 1 aliphatic rings. The van der Waals surface area contributed by atoms with Gasteiger partial charge in [-0.1, -0.05) is 42.5 Å². The van der Waals surface area contributed by atoms with Gasteiger partial charge in [0.1, 0.15) is 0 Å². The van der Waals surface area contributed by atoms with Crippen molar-refractivity contribution in [1.82, 2.24) is 0 Å². The summed E-state index contributed by atoms with van der Waals surface area (Å²) in [6.45, 7) is 2.34. The molecule has 1 atom stereocenters. The molecule has 1 aliphatic carbocycles. The number of rotatable bonds is 4. The topological polar surface area (TPSA) is 20.2 Å². The van der Waals surface area contributed by atoms with Crippen molar-refractivity contribution in [3.63, 3.8) is 0 Å².